The lowest BCUT2D eigenvalue weighted by Gasteiger charge is -2.34. The fourth-order valence-corrected chi connectivity index (χ4v) is 7.84. The quantitative estimate of drug-likeness (QED) is 0.179. The van der Waals surface area contributed by atoms with Crippen molar-refractivity contribution in [3.05, 3.63) is 88.1 Å². The molecule has 0 N–H and O–H groups in total. The number of amides is 1. The van der Waals surface area contributed by atoms with E-state index in [1.807, 2.05) is 18.2 Å². The number of anilines is 1. The number of piperidine rings is 1. The fraction of sp³-hybridized carbons (Fsp3) is 0.250. The number of aromatic nitrogens is 1. The highest BCUT2D eigenvalue weighted by Gasteiger charge is 2.32. The number of thiazole rings is 1. The molecule has 2 atom stereocenters. The molecule has 1 aromatic heterocycles. The average molecular weight is 630 g/mol. The maximum Gasteiger partial charge on any atom is 0.280 e. The first-order chi connectivity index (χ1) is 18.6. The van der Waals surface area contributed by atoms with Crippen molar-refractivity contribution in [3.8, 4) is 0 Å². The molecule has 1 fully saturated rings. The highest BCUT2D eigenvalue weighted by atomic mass is 79.9. The maximum atomic E-state index is 13.7. The lowest BCUT2D eigenvalue weighted by Crippen LogP contribution is -2.42. The predicted molar refractivity (Wildman–Crippen MR) is 156 cm³/mol. The molecule has 2 unspecified atom stereocenters. The highest BCUT2D eigenvalue weighted by Crippen LogP contribution is 2.32. The van der Waals surface area contributed by atoms with Crippen molar-refractivity contribution < 1.29 is 17.6 Å². The number of hydrogen-bond acceptors (Lipinski definition) is 6. The van der Waals surface area contributed by atoms with E-state index in [0.29, 0.717) is 29.3 Å². The maximum absolute atomic E-state index is 13.7. The molecule has 2 heterocycles. The Balaban J connectivity index is 1.46. The van der Waals surface area contributed by atoms with Gasteiger partial charge in [-0.25, -0.2) is 17.8 Å². The Hall–Kier alpha value is -2.99. The summed E-state index contributed by atoms with van der Waals surface area (Å²) in [6, 6.07) is 17.3. The normalized spacial score (nSPS) is 18.6. The molecule has 4 aromatic rings. The zero-order valence-corrected chi connectivity index (χ0v) is 24.5. The molecule has 1 saturated heterocycles. The van der Waals surface area contributed by atoms with E-state index in [9.17, 15) is 17.6 Å². The van der Waals surface area contributed by atoms with Crippen molar-refractivity contribution in [3.63, 3.8) is 0 Å². The van der Waals surface area contributed by atoms with E-state index in [1.54, 1.807) is 12.1 Å². The van der Waals surface area contributed by atoms with Gasteiger partial charge in [0.25, 0.3) is 5.91 Å². The van der Waals surface area contributed by atoms with Gasteiger partial charge in [-0.3, -0.25) is 4.79 Å². The van der Waals surface area contributed by atoms with Crippen LogP contribution in [-0.4, -0.2) is 42.9 Å². The number of benzene rings is 3. The van der Waals surface area contributed by atoms with Gasteiger partial charge in [-0.05, 0) is 78.4 Å². The molecule has 0 aliphatic carbocycles. The van der Waals surface area contributed by atoms with E-state index in [2.05, 4.69) is 39.9 Å². The zero-order valence-electron chi connectivity index (χ0n) is 21.3. The van der Waals surface area contributed by atoms with Crippen LogP contribution in [-0.2, 0) is 10.0 Å². The molecule has 0 bridgehead atoms. The monoisotopic (exact) mass is 628 g/mol. The largest absolute Gasteiger partial charge is 0.280 e. The zero-order chi connectivity index (χ0) is 27.7. The van der Waals surface area contributed by atoms with Crippen LogP contribution in [0.5, 0.6) is 0 Å². The second kappa shape index (κ2) is 11.2. The minimum Gasteiger partial charge on any atom is -0.267 e. The molecule has 202 valence electrons. The third-order valence-corrected chi connectivity index (χ3v) is 9.81. The second-order valence-electron chi connectivity index (χ2n) is 9.81. The number of sulfonamides is 1. The van der Waals surface area contributed by atoms with Crippen LogP contribution in [0, 0.1) is 17.7 Å². The van der Waals surface area contributed by atoms with Crippen molar-refractivity contribution in [1.29, 1.82) is 0 Å². The number of halogens is 2. The van der Waals surface area contributed by atoms with Gasteiger partial charge in [0.1, 0.15) is 5.82 Å². The summed E-state index contributed by atoms with van der Waals surface area (Å²) < 4.78 is 43.2. The summed E-state index contributed by atoms with van der Waals surface area (Å²) in [6.07, 6.45) is 2.45. The van der Waals surface area contributed by atoms with Crippen molar-refractivity contribution in [2.24, 2.45) is 16.9 Å². The van der Waals surface area contributed by atoms with Gasteiger partial charge in [0.2, 0.25) is 15.2 Å². The second-order valence-corrected chi connectivity index (χ2v) is 13.7. The van der Waals surface area contributed by atoms with Crippen LogP contribution in [0.15, 0.2) is 81.2 Å². The Morgan fingerprint density at radius 1 is 1.08 bits per heavy atom. The summed E-state index contributed by atoms with van der Waals surface area (Å²) in [7, 11) is -3.68. The minimum absolute atomic E-state index is 0.145. The van der Waals surface area contributed by atoms with Crippen LogP contribution in [0.1, 0.15) is 36.2 Å². The molecule has 0 saturated carbocycles. The van der Waals surface area contributed by atoms with E-state index in [1.165, 1.54) is 63.3 Å². The van der Waals surface area contributed by atoms with Crippen molar-refractivity contribution in [1.82, 2.24) is 9.29 Å². The third kappa shape index (κ3) is 6.11. The molecule has 5 rings (SSSR count). The molecule has 0 radical (unpaired) electrons. The number of nitrogens with zero attached hydrogens (tertiary/aromatic N) is 4. The van der Waals surface area contributed by atoms with E-state index in [4.69, 9.17) is 0 Å². The Morgan fingerprint density at radius 2 is 1.74 bits per heavy atom. The number of hydrogen-bond donors (Lipinski definition) is 0. The van der Waals surface area contributed by atoms with E-state index >= 15 is 0 Å². The van der Waals surface area contributed by atoms with E-state index < -0.39 is 15.9 Å². The molecular weight excluding hydrogens is 603 g/mol. The predicted octanol–water partition coefficient (Wildman–Crippen LogP) is 6.55. The molecule has 7 nitrogen and oxygen atoms in total. The van der Waals surface area contributed by atoms with E-state index in [0.717, 1.165) is 15.6 Å². The Bertz CT molecular complexity index is 1630. The summed E-state index contributed by atoms with van der Waals surface area (Å²) in [5, 5.41) is 5.92. The molecule has 11 heteroatoms. The van der Waals surface area contributed by atoms with Gasteiger partial charge in [-0.15, -0.1) is 0 Å². The number of hydrazone groups is 1. The van der Waals surface area contributed by atoms with Crippen LogP contribution in [0.3, 0.4) is 0 Å². The topological polar surface area (TPSA) is 82.9 Å². The number of carbonyl (C=O) groups excluding carboxylic acids is 1. The molecule has 0 spiro atoms. The Morgan fingerprint density at radius 3 is 2.41 bits per heavy atom. The van der Waals surface area contributed by atoms with Crippen LogP contribution in [0.2, 0.25) is 0 Å². The highest BCUT2D eigenvalue weighted by molar-refractivity contribution is 9.10. The molecule has 3 aromatic carbocycles. The minimum atomic E-state index is -3.68. The first-order valence-electron chi connectivity index (χ1n) is 12.4. The lowest BCUT2D eigenvalue weighted by atomic mass is 9.94. The van der Waals surface area contributed by atoms with Crippen molar-refractivity contribution >= 4 is 64.8 Å². The van der Waals surface area contributed by atoms with Gasteiger partial charge in [0, 0.05) is 23.1 Å². The summed E-state index contributed by atoms with van der Waals surface area (Å²) in [6.45, 7) is 5.07. The molecule has 1 amide bonds. The lowest BCUT2D eigenvalue weighted by molar-refractivity contribution is 0.0987. The first-order valence-corrected chi connectivity index (χ1v) is 15.5. The summed E-state index contributed by atoms with van der Waals surface area (Å²) >= 11 is 4.75. The van der Waals surface area contributed by atoms with Gasteiger partial charge in [-0.2, -0.15) is 14.4 Å². The Labute approximate surface area is 239 Å². The summed E-state index contributed by atoms with van der Waals surface area (Å²) in [5.74, 6) is -0.284. The number of rotatable bonds is 6. The smallest absolute Gasteiger partial charge is 0.267 e. The van der Waals surface area contributed by atoms with Crippen LogP contribution < -0.4 is 5.01 Å². The van der Waals surface area contributed by atoms with Gasteiger partial charge in [0.15, 0.2) is 0 Å². The van der Waals surface area contributed by atoms with Crippen LogP contribution in [0.25, 0.3) is 10.2 Å². The SMILES string of the molecule is CC1CC(C)CN(S(=O)(=O)c2ccc(C(=O)N(/N=C/c3ccc(F)cc3)c3nc4ccc(Br)cc4s3)cc2)C1. The van der Waals surface area contributed by atoms with Crippen molar-refractivity contribution in [2.45, 2.75) is 25.2 Å². The van der Waals surface area contributed by atoms with Gasteiger partial charge < -0.3 is 0 Å². The molecular formula is C28H26BrFN4O3S2. The standard InChI is InChI=1S/C28H26BrFN4O3S2/c1-18-13-19(2)17-33(16-18)39(36,37)24-10-5-21(6-11-24)27(35)34(31-15-20-3-8-23(30)9-4-20)28-32-25-12-7-22(29)14-26(25)38-28/h3-12,14-15,18-19H,13,16-17H2,1-2H3/b31-15+. The molecule has 39 heavy (non-hydrogen) atoms. The van der Waals surface area contributed by atoms with Gasteiger partial charge in [-0.1, -0.05) is 53.2 Å². The van der Waals surface area contributed by atoms with E-state index in [-0.39, 0.29) is 28.1 Å². The number of carbonyl (C=O) groups is 1. The van der Waals surface area contributed by atoms with Gasteiger partial charge >= 0.3 is 0 Å². The fourth-order valence-electron chi connectivity index (χ4n) is 4.68. The summed E-state index contributed by atoms with van der Waals surface area (Å²) in [4.78, 5) is 18.4. The third-order valence-electron chi connectivity index (χ3n) is 6.48. The Kier molecular flexibility index (Phi) is 7.95. The van der Waals surface area contributed by atoms with Crippen LogP contribution in [0.4, 0.5) is 9.52 Å². The molecule has 1 aliphatic heterocycles. The average Bonchev–Trinajstić information content (AvgIpc) is 3.32. The molecule has 1 aliphatic rings. The van der Waals surface area contributed by atoms with Crippen LogP contribution >= 0.6 is 27.3 Å². The first kappa shape index (κ1) is 27.6. The van der Waals surface area contributed by atoms with Crippen molar-refractivity contribution in [2.75, 3.05) is 18.1 Å². The van der Waals surface area contributed by atoms with Gasteiger partial charge in [0.05, 0.1) is 21.3 Å². The number of fused-ring (bicyclic) bond motifs is 1. The summed E-state index contributed by atoms with van der Waals surface area (Å²) in [5.41, 5.74) is 1.56.